The minimum absolute atomic E-state index is 0.0363. The molecule has 2 N–H and O–H groups in total. The van der Waals surface area contributed by atoms with Crippen LogP contribution < -0.4 is 14.8 Å². The molecule has 0 bridgehead atoms. The maximum atomic E-state index is 13.1. The van der Waals surface area contributed by atoms with Gasteiger partial charge in [-0.1, -0.05) is 34.1 Å². The summed E-state index contributed by atoms with van der Waals surface area (Å²) in [5, 5.41) is 13.1. The number of imide groups is 1. The van der Waals surface area contributed by atoms with Gasteiger partial charge in [-0.25, -0.2) is 4.79 Å². The molecule has 0 radical (unpaired) electrons. The molecule has 0 aromatic heterocycles. The van der Waals surface area contributed by atoms with E-state index in [2.05, 4.69) is 21.2 Å². The highest BCUT2D eigenvalue weighted by Crippen LogP contribution is 2.40. The zero-order valence-corrected chi connectivity index (χ0v) is 16.5. The quantitative estimate of drug-likeness (QED) is 0.688. The molecule has 2 aromatic carbocycles. The lowest BCUT2D eigenvalue weighted by Gasteiger charge is -2.33. The van der Waals surface area contributed by atoms with Gasteiger partial charge in [-0.15, -0.1) is 0 Å². The Bertz CT molecular complexity index is 904. The molecule has 1 spiro atoms. The zero-order chi connectivity index (χ0) is 19.7. The summed E-state index contributed by atoms with van der Waals surface area (Å²) in [5.41, 5.74) is -0.499. The first-order valence-electron chi connectivity index (χ1n) is 8.92. The Balaban J connectivity index is 1.45. The summed E-state index contributed by atoms with van der Waals surface area (Å²) in [7, 11) is 0. The van der Waals surface area contributed by atoms with Crippen molar-refractivity contribution in [3.63, 3.8) is 0 Å². The molecule has 0 saturated carbocycles. The summed E-state index contributed by atoms with van der Waals surface area (Å²) >= 11 is 3.34. The third kappa shape index (κ3) is 3.33. The molecule has 2 heterocycles. The summed E-state index contributed by atoms with van der Waals surface area (Å²) in [5.74, 6) is 0.800. The van der Waals surface area contributed by atoms with Gasteiger partial charge in [0.1, 0.15) is 24.2 Å². The van der Waals surface area contributed by atoms with Crippen LogP contribution in [0, 0.1) is 0 Å². The fourth-order valence-electron chi connectivity index (χ4n) is 3.52. The van der Waals surface area contributed by atoms with Gasteiger partial charge in [0.2, 0.25) is 0 Å². The number of ether oxygens (including phenoxy) is 2. The van der Waals surface area contributed by atoms with Crippen molar-refractivity contribution in [3.05, 3.63) is 58.6 Å². The van der Waals surface area contributed by atoms with Gasteiger partial charge in [0.15, 0.2) is 5.54 Å². The van der Waals surface area contributed by atoms with Gasteiger partial charge in [0.05, 0.1) is 13.2 Å². The molecule has 1 fully saturated rings. The van der Waals surface area contributed by atoms with Crippen LogP contribution in [0.4, 0.5) is 4.79 Å². The van der Waals surface area contributed by atoms with E-state index in [1.807, 2.05) is 18.2 Å². The minimum Gasteiger partial charge on any atom is -0.493 e. The normalized spacial score (nSPS) is 21.9. The van der Waals surface area contributed by atoms with Crippen molar-refractivity contribution in [2.75, 3.05) is 19.8 Å². The van der Waals surface area contributed by atoms with Crippen LogP contribution in [-0.4, -0.2) is 47.8 Å². The van der Waals surface area contributed by atoms with Crippen molar-refractivity contribution in [2.45, 2.75) is 18.1 Å². The van der Waals surface area contributed by atoms with Gasteiger partial charge in [0.25, 0.3) is 5.91 Å². The molecular formula is C20H19BrN2O5. The van der Waals surface area contributed by atoms with E-state index in [1.165, 1.54) is 0 Å². The molecule has 7 nitrogen and oxygen atoms in total. The molecule has 4 rings (SSSR count). The molecule has 8 heteroatoms. The second kappa shape index (κ2) is 7.44. The van der Waals surface area contributed by atoms with Crippen molar-refractivity contribution in [2.24, 2.45) is 0 Å². The first-order chi connectivity index (χ1) is 13.5. The standard InChI is InChI=1S/C20H19BrN2O5/c21-13-5-7-15(8-6-13)28-12-14(24)11-23-18(25)20(22-19(23)26)9-10-27-17-4-2-1-3-16(17)20/h1-8,14,24H,9-12H2,(H,22,26)/t14-,20+/m0/s1. The molecule has 1 saturated heterocycles. The maximum Gasteiger partial charge on any atom is 0.325 e. The number of halogens is 1. The van der Waals surface area contributed by atoms with Crippen LogP contribution in [0.3, 0.4) is 0 Å². The number of hydrogen-bond donors (Lipinski definition) is 2. The number of nitrogens with zero attached hydrogens (tertiary/aromatic N) is 1. The Kier molecular flexibility index (Phi) is 4.99. The summed E-state index contributed by atoms with van der Waals surface area (Å²) in [6.45, 7) is 0.142. The summed E-state index contributed by atoms with van der Waals surface area (Å²) in [6.07, 6.45) is -0.667. The number of benzene rings is 2. The number of aliphatic hydroxyl groups excluding tert-OH is 1. The van der Waals surface area contributed by atoms with Gasteiger partial charge >= 0.3 is 6.03 Å². The van der Waals surface area contributed by atoms with E-state index in [9.17, 15) is 14.7 Å². The number of carbonyl (C=O) groups excluding carboxylic acids is 2. The van der Waals surface area contributed by atoms with E-state index in [0.717, 1.165) is 9.37 Å². The van der Waals surface area contributed by atoms with Crippen molar-refractivity contribution >= 4 is 27.9 Å². The van der Waals surface area contributed by atoms with Crippen LogP contribution in [0.5, 0.6) is 11.5 Å². The number of urea groups is 1. The van der Waals surface area contributed by atoms with Crippen LogP contribution in [0.15, 0.2) is 53.0 Å². The molecular weight excluding hydrogens is 428 g/mol. The molecule has 28 heavy (non-hydrogen) atoms. The van der Waals surface area contributed by atoms with Gasteiger partial charge in [0, 0.05) is 16.5 Å². The number of rotatable bonds is 5. The summed E-state index contributed by atoms with van der Waals surface area (Å²) in [6, 6.07) is 13.8. The number of amides is 3. The van der Waals surface area contributed by atoms with Gasteiger partial charge in [-0.3, -0.25) is 9.69 Å². The Morgan fingerprint density at radius 2 is 1.96 bits per heavy atom. The molecule has 2 atom stereocenters. The Hall–Kier alpha value is -2.58. The molecule has 2 aromatic rings. The lowest BCUT2D eigenvalue weighted by Crippen LogP contribution is -2.48. The minimum atomic E-state index is -1.14. The number of fused-ring (bicyclic) bond motifs is 2. The SMILES string of the molecule is O=C1N[C@@]2(CCOc3ccccc32)C(=O)N1C[C@H](O)COc1ccc(Br)cc1. The zero-order valence-electron chi connectivity index (χ0n) is 14.9. The van der Waals surface area contributed by atoms with Crippen LogP contribution in [0.25, 0.3) is 0 Å². The van der Waals surface area contributed by atoms with E-state index in [4.69, 9.17) is 9.47 Å². The smallest absolute Gasteiger partial charge is 0.325 e. The molecule has 2 aliphatic heterocycles. The maximum absolute atomic E-state index is 13.1. The van der Waals surface area contributed by atoms with Crippen LogP contribution in [0.1, 0.15) is 12.0 Å². The van der Waals surface area contributed by atoms with E-state index in [-0.39, 0.29) is 19.1 Å². The second-order valence-corrected chi connectivity index (χ2v) is 7.68. The van der Waals surface area contributed by atoms with Crippen LogP contribution in [-0.2, 0) is 10.3 Å². The topological polar surface area (TPSA) is 88.1 Å². The largest absolute Gasteiger partial charge is 0.493 e. The van der Waals surface area contributed by atoms with E-state index in [1.54, 1.807) is 30.3 Å². The van der Waals surface area contributed by atoms with Gasteiger partial charge in [-0.2, -0.15) is 0 Å². The highest BCUT2D eigenvalue weighted by Gasteiger charge is 2.55. The Labute approximate surface area is 170 Å². The number of para-hydroxylation sites is 1. The lowest BCUT2D eigenvalue weighted by molar-refractivity contribution is -0.133. The molecule has 3 amide bonds. The molecule has 0 unspecified atom stereocenters. The van der Waals surface area contributed by atoms with Crippen molar-refractivity contribution in [1.29, 1.82) is 0 Å². The third-order valence-corrected chi connectivity index (χ3v) is 5.44. The Morgan fingerprint density at radius 3 is 2.75 bits per heavy atom. The molecule has 2 aliphatic rings. The number of carbonyl (C=O) groups is 2. The van der Waals surface area contributed by atoms with Crippen LogP contribution in [0.2, 0.25) is 0 Å². The molecule has 0 aliphatic carbocycles. The Morgan fingerprint density at radius 1 is 1.21 bits per heavy atom. The van der Waals surface area contributed by atoms with Crippen molar-refractivity contribution < 1.29 is 24.2 Å². The second-order valence-electron chi connectivity index (χ2n) is 6.76. The summed E-state index contributed by atoms with van der Waals surface area (Å²) in [4.78, 5) is 26.7. The van der Waals surface area contributed by atoms with Crippen LogP contribution >= 0.6 is 15.9 Å². The van der Waals surface area contributed by atoms with Gasteiger partial charge < -0.3 is 19.9 Å². The number of β-amino-alcohol motifs (C(OH)–C–C–N with tert-alkyl or cyclic N) is 1. The number of nitrogens with one attached hydrogen (secondary N) is 1. The monoisotopic (exact) mass is 446 g/mol. The fraction of sp³-hybridized carbons (Fsp3) is 0.300. The van der Waals surface area contributed by atoms with E-state index in [0.29, 0.717) is 30.1 Å². The van der Waals surface area contributed by atoms with E-state index >= 15 is 0 Å². The third-order valence-electron chi connectivity index (χ3n) is 4.91. The van der Waals surface area contributed by atoms with Gasteiger partial charge in [-0.05, 0) is 30.3 Å². The first kappa shape index (κ1) is 18.8. The van der Waals surface area contributed by atoms with E-state index < -0.39 is 17.7 Å². The average molecular weight is 447 g/mol. The first-order valence-corrected chi connectivity index (χ1v) is 9.72. The number of hydrogen-bond acceptors (Lipinski definition) is 5. The lowest BCUT2D eigenvalue weighted by atomic mass is 9.84. The summed E-state index contributed by atoms with van der Waals surface area (Å²) < 4.78 is 12.1. The highest BCUT2D eigenvalue weighted by atomic mass is 79.9. The van der Waals surface area contributed by atoms with Crippen molar-refractivity contribution in [3.8, 4) is 11.5 Å². The number of aliphatic hydroxyl groups is 1. The predicted octanol–water partition coefficient (Wildman–Crippen LogP) is 2.42. The predicted molar refractivity (Wildman–Crippen MR) is 104 cm³/mol. The average Bonchev–Trinajstić information content (AvgIpc) is 2.93. The highest BCUT2D eigenvalue weighted by molar-refractivity contribution is 9.10. The van der Waals surface area contributed by atoms with Crippen molar-refractivity contribution in [1.82, 2.24) is 10.2 Å². The molecule has 146 valence electrons. The fourth-order valence-corrected chi connectivity index (χ4v) is 3.79.